The van der Waals surface area contributed by atoms with Gasteiger partial charge in [-0.15, -0.1) is 0 Å². The van der Waals surface area contributed by atoms with Crippen LogP contribution in [-0.4, -0.2) is 43.4 Å². The van der Waals surface area contributed by atoms with Gasteiger partial charge in [0.2, 0.25) is 0 Å². The third-order valence-corrected chi connectivity index (χ3v) is 2.40. The second kappa shape index (κ2) is 9.94. The third-order valence-electron chi connectivity index (χ3n) is 2.40. The first-order valence-corrected chi connectivity index (χ1v) is 6.45. The van der Waals surface area contributed by atoms with Crippen LogP contribution in [0.1, 0.15) is 24.9 Å². The van der Waals surface area contributed by atoms with E-state index in [0.29, 0.717) is 19.8 Å². The summed E-state index contributed by atoms with van der Waals surface area (Å²) in [6.45, 7) is 5.84. The number of methoxy groups -OCH3 is 1. The van der Waals surface area contributed by atoms with Crippen molar-refractivity contribution in [3.05, 3.63) is 23.8 Å². The highest BCUT2D eigenvalue weighted by molar-refractivity contribution is 5.02. The second-order valence-corrected chi connectivity index (χ2v) is 4.00. The smallest absolute Gasteiger partial charge is 0.130 e. The Morgan fingerprint density at radius 1 is 1.28 bits per heavy atom. The van der Waals surface area contributed by atoms with Crippen LogP contribution >= 0.6 is 0 Å². The molecule has 0 bridgehead atoms. The highest BCUT2D eigenvalue weighted by atomic mass is 16.5. The Morgan fingerprint density at radius 2 is 2.17 bits per heavy atom. The van der Waals surface area contributed by atoms with E-state index < -0.39 is 0 Å². The van der Waals surface area contributed by atoms with Gasteiger partial charge in [0.25, 0.3) is 0 Å². The molecule has 0 aliphatic heterocycles. The van der Waals surface area contributed by atoms with Crippen molar-refractivity contribution in [3.63, 3.8) is 0 Å². The average Bonchev–Trinajstić information content (AvgIpc) is 2.39. The molecular formula is C13H23N3O2. The Kier molecular flexibility index (Phi) is 8.29. The zero-order chi connectivity index (χ0) is 13.1. The van der Waals surface area contributed by atoms with Crippen LogP contribution in [0.4, 0.5) is 0 Å². The Balaban J connectivity index is 2.26. The maximum absolute atomic E-state index is 5.40. The van der Waals surface area contributed by atoms with Gasteiger partial charge in [-0.05, 0) is 19.0 Å². The van der Waals surface area contributed by atoms with Crippen molar-refractivity contribution in [1.82, 2.24) is 15.3 Å². The summed E-state index contributed by atoms with van der Waals surface area (Å²) in [6.07, 6.45) is 3.68. The summed E-state index contributed by atoms with van der Waals surface area (Å²) in [6, 6.07) is 1.94. The van der Waals surface area contributed by atoms with Crippen molar-refractivity contribution in [2.75, 3.05) is 33.5 Å². The molecule has 1 heterocycles. The number of hydrogen-bond acceptors (Lipinski definition) is 5. The minimum atomic E-state index is 0.619. The molecule has 0 atom stereocenters. The van der Waals surface area contributed by atoms with Gasteiger partial charge in [-0.3, -0.25) is 0 Å². The standard InChI is InChI=1S/C13H23N3O2/c1-3-6-14-11-12-4-7-15-13(16-12)5-8-18-10-9-17-2/h4,7,14H,3,5-6,8-11H2,1-2H3. The molecule has 0 aliphatic carbocycles. The van der Waals surface area contributed by atoms with Crippen molar-refractivity contribution in [2.24, 2.45) is 0 Å². The number of nitrogens with zero attached hydrogens (tertiary/aromatic N) is 2. The van der Waals surface area contributed by atoms with Crippen LogP contribution in [0.5, 0.6) is 0 Å². The van der Waals surface area contributed by atoms with Crippen LogP contribution in [0, 0.1) is 0 Å². The van der Waals surface area contributed by atoms with Gasteiger partial charge in [0.05, 0.1) is 25.5 Å². The van der Waals surface area contributed by atoms with Crippen molar-refractivity contribution in [2.45, 2.75) is 26.3 Å². The SMILES string of the molecule is CCCNCc1ccnc(CCOCCOC)n1. The molecule has 1 aromatic rings. The van der Waals surface area contributed by atoms with E-state index in [1.807, 2.05) is 6.07 Å². The fourth-order valence-electron chi connectivity index (χ4n) is 1.46. The molecule has 0 aliphatic rings. The Morgan fingerprint density at radius 3 is 2.94 bits per heavy atom. The van der Waals surface area contributed by atoms with E-state index in [1.54, 1.807) is 13.3 Å². The summed E-state index contributed by atoms with van der Waals surface area (Å²) >= 11 is 0. The molecule has 1 rings (SSSR count). The summed E-state index contributed by atoms with van der Waals surface area (Å²) in [5, 5.41) is 3.32. The van der Waals surface area contributed by atoms with E-state index in [4.69, 9.17) is 9.47 Å². The zero-order valence-corrected chi connectivity index (χ0v) is 11.3. The van der Waals surface area contributed by atoms with Crippen LogP contribution in [0.15, 0.2) is 12.3 Å². The van der Waals surface area contributed by atoms with Crippen LogP contribution in [0.2, 0.25) is 0 Å². The summed E-state index contributed by atoms with van der Waals surface area (Å²) in [4.78, 5) is 8.71. The number of nitrogens with one attached hydrogen (secondary N) is 1. The minimum Gasteiger partial charge on any atom is -0.382 e. The summed E-state index contributed by atoms with van der Waals surface area (Å²) in [7, 11) is 1.67. The molecule has 0 fully saturated rings. The van der Waals surface area contributed by atoms with Gasteiger partial charge in [-0.25, -0.2) is 9.97 Å². The number of rotatable bonds is 10. The van der Waals surface area contributed by atoms with E-state index >= 15 is 0 Å². The first-order valence-electron chi connectivity index (χ1n) is 6.45. The highest BCUT2D eigenvalue weighted by Gasteiger charge is 1.99. The topological polar surface area (TPSA) is 56.3 Å². The summed E-state index contributed by atoms with van der Waals surface area (Å²) < 4.78 is 10.3. The predicted molar refractivity (Wildman–Crippen MR) is 70.4 cm³/mol. The normalized spacial score (nSPS) is 10.8. The molecule has 0 spiro atoms. The van der Waals surface area contributed by atoms with Gasteiger partial charge in [0.1, 0.15) is 5.82 Å². The lowest BCUT2D eigenvalue weighted by atomic mass is 10.3. The molecule has 102 valence electrons. The fraction of sp³-hybridized carbons (Fsp3) is 0.692. The van der Waals surface area contributed by atoms with E-state index in [2.05, 4.69) is 22.2 Å². The van der Waals surface area contributed by atoms with Crippen LogP contribution in [-0.2, 0) is 22.4 Å². The molecule has 5 nitrogen and oxygen atoms in total. The Hall–Kier alpha value is -1.04. The largest absolute Gasteiger partial charge is 0.382 e. The van der Waals surface area contributed by atoms with Crippen molar-refractivity contribution < 1.29 is 9.47 Å². The number of ether oxygens (including phenoxy) is 2. The molecule has 0 saturated heterocycles. The highest BCUT2D eigenvalue weighted by Crippen LogP contribution is 1.97. The summed E-state index contributed by atoms with van der Waals surface area (Å²) in [5.41, 5.74) is 1.03. The lowest BCUT2D eigenvalue weighted by Crippen LogP contribution is -2.16. The van der Waals surface area contributed by atoms with Gasteiger partial charge in [-0.1, -0.05) is 6.92 Å². The van der Waals surface area contributed by atoms with Gasteiger partial charge in [0.15, 0.2) is 0 Å². The summed E-state index contributed by atoms with van der Waals surface area (Å²) in [5.74, 6) is 0.836. The maximum atomic E-state index is 5.40. The molecule has 0 unspecified atom stereocenters. The van der Waals surface area contributed by atoms with Crippen molar-refractivity contribution >= 4 is 0 Å². The quantitative estimate of drug-likeness (QED) is 0.635. The first kappa shape index (κ1) is 15.0. The van der Waals surface area contributed by atoms with Crippen LogP contribution in [0.25, 0.3) is 0 Å². The minimum absolute atomic E-state index is 0.619. The van der Waals surface area contributed by atoms with E-state index in [0.717, 1.165) is 37.4 Å². The number of hydrogen-bond donors (Lipinski definition) is 1. The number of aromatic nitrogens is 2. The van der Waals surface area contributed by atoms with Gasteiger partial charge >= 0.3 is 0 Å². The maximum Gasteiger partial charge on any atom is 0.130 e. The van der Waals surface area contributed by atoms with E-state index in [1.165, 1.54) is 0 Å². The monoisotopic (exact) mass is 253 g/mol. The Labute approximate surface area is 109 Å². The molecule has 0 radical (unpaired) electrons. The molecule has 0 saturated carbocycles. The molecule has 18 heavy (non-hydrogen) atoms. The lowest BCUT2D eigenvalue weighted by Gasteiger charge is -2.05. The van der Waals surface area contributed by atoms with Crippen molar-refractivity contribution in [3.8, 4) is 0 Å². The van der Waals surface area contributed by atoms with Crippen LogP contribution in [0.3, 0.4) is 0 Å². The average molecular weight is 253 g/mol. The second-order valence-electron chi connectivity index (χ2n) is 4.00. The van der Waals surface area contributed by atoms with Crippen LogP contribution < -0.4 is 5.32 Å². The molecule has 0 aromatic carbocycles. The van der Waals surface area contributed by atoms with Gasteiger partial charge in [0, 0.05) is 26.3 Å². The fourth-order valence-corrected chi connectivity index (χ4v) is 1.46. The van der Waals surface area contributed by atoms with E-state index in [9.17, 15) is 0 Å². The van der Waals surface area contributed by atoms with Crippen molar-refractivity contribution in [1.29, 1.82) is 0 Å². The molecule has 0 amide bonds. The van der Waals surface area contributed by atoms with Gasteiger partial charge in [-0.2, -0.15) is 0 Å². The Bertz CT molecular complexity index is 321. The molecule has 5 heteroatoms. The molecule has 1 aromatic heterocycles. The van der Waals surface area contributed by atoms with E-state index in [-0.39, 0.29) is 0 Å². The predicted octanol–water partition coefficient (Wildman–Crippen LogP) is 1.18. The first-order chi connectivity index (χ1) is 8.86. The molecule has 1 N–H and O–H groups in total. The zero-order valence-electron chi connectivity index (χ0n) is 11.3. The third kappa shape index (κ3) is 6.64. The van der Waals surface area contributed by atoms with Gasteiger partial charge < -0.3 is 14.8 Å². The molecular weight excluding hydrogens is 230 g/mol. The lowest BCUT2D eigenvalue weighted by molar-refractivity contribution is 0.0716.